The lowest BCUT2D eigenvalue weighted by atomic mass is 10.1. The van der Waals surface area contributed by atoms with Crippen LogP contribution in [0.25, 0.3) is 11.1 Å². The second-order valence-corrected chi connectivity index (χ2v) is 6.40. The molecule has 3 aromatic carbocycles. The highest BCUT2D eigenvalue weighted by Crippen LogP contribution is 2.38. The van der Waals surface area contributed by atoms with Crippen molar-refractivity contribution in [1.29, 1.82) is 0 Å². The molecule has 31 heavy (non-hydrogen) atoms. The maximum absolute atomic E-state index is 12.0. The smallest absolute Gasteiger partial charge is 0.277 e. The summed E-state index contributed by atoms with van der Waals surface area (Å²) in [6.45, 7) is -0.162. The minimum absolute atomic E-state index is 0.162. The maximum atomic E-state index is 12.0. The molecule has 0 heterocycles. The molecule has 7 nitrogen and oxygen atoms in total. The van der Waals surface area contributed by atoms with E-state index in [1.54, 1.807) is 19.2 Å². The highest BCUT2D eigenvalue weighted by Gasteiger charge is 2.14. The maximum Gasteiger partial charge on any atom is 0.277 e. The van der Waals surface area contributed by atoms with Crippen molar-refractivity contribution in [3.8, 4) is 34.1 Å². The third-order valence-electron chi connectivity index (χ3n) is 4.46. The molecule has 0 aromatic heterocycles. The van der Waals surface area contributed by atoms with E-state index in [-0.39, 0.29) is 12.5 Å². The van der Waals surface area contributed by atoms with Gasteiger partial charge >= 0.3 is 0 Å². The van der Waals surface area contributed by atoms with Crippen LogP contribution in [0.5, 0.6) is 23.0 Å². The van der Waals surface area contributed by atoms with Crippen LogP contribution < -0.4 is 24.4 Å². The van der Waals surface area contributed by atoms with Gasteiger partial charge in [-0.1, -0.05) is 42.5 Å². The monoisotopic (exact) mass is 420 g/mol. The van der Waals surface area contributed by atoms with E-state index in [0.717, 1.165) is 11.1 Å². The van der Waals surface area contributed by atoms with Gasteiger partial charge in [-0.25, -0.2) is 5.43 Å². The Labute approximate surface area is 181 Å². The molecule has 1 N–H and O–H groups in total. The highest BCUT2D eigenvalue weighted by molar-refractivity contribution is 5.87. The van der Waals surface area contributed by atoms with Crippen LogP contribution in [0, 0.1) is 0 Å². The summed E-state index contributed by atoms with van der Waals surface area (Å²) in [5, 5.41) is 3.97. The standard InChI is InChI=1S/C24H24N2O5/c1-28-21-14-11-19(23(29-2)24(21)30-3)15-25-26-22(27)16-31-20-12-9-18(10-13-20)17-7-5-4-6-8-17/h4-15H,16H2,1-3H3,(H,26,27)/b25-15-. The van der Waals surface area contributed by atoms with Crippen LogP contribution in [-0.4, -0.2) is 40.1 Å². The van der Waals surface area contributed by atoms with Gasteiger partial charge in [-0.3, -0.25) is 4.79 Å². The number of nitrogens with one attached hydrogen (secondary N) is 1. The lowest BCUT2D eigenvalue weighted by Gasteiger charge is -2.13. The number of amides is 1. The van der Waals surface area contributed by atoms with E-state index in [4.69, 9.17) is 18.9 Å². The van der Waals surface area contributed by atoms with Crippen molar-refractivity contribution >= 4 is 12.1 Å². The number of hydrogen-bond donors (Lipinski definition) is 1. The van der Waals surface area contributed by atoms with Crippen LogP contribution >= 0.6 is 0 Å². The second kappa shape index (κ2) is 10.7. The zero-order valence-corrected chi connectivity index (χ0v) is 17.6. The molecule has 3 aromatic rings. The molecule has 0 atom stereocenters. The van der Waals surface area contributed by atoms with Gasteiger partial charge in [0, 0.05) is 5.56 Å². The SMILES string of the molecule is COc1ccc(/C=N\NC(=O)COc2ccc(-c3ccccc3)cc2)c(OC)c1OC. The Bertz CT molecular complexity index is 1030. The predicted octanol–water partition coefficient (Wildman–Crippen LogP) is 3.91. The molecular formula is C24H24N2O5. The first kappa shape index (κ1) is 21.7. The lowest BCUT2D eigenvalue weighted by Crippen LogP contribution is -2.24. The first-order valence-corrected chi connectivity index (χ1v) is 9.55. The Kier molecular flexibility index (Phi) is 7.48. The van der Waals surface area contributed by atoms with Gasteiger partial charge in [-0.15, -0.1) is 0 Å². The summed E-state index contributed by atoms with van der Waals surface area (Å²) in [5.41, 5.74) is 5.25. The number of nitrogens with zero attached hydrogens (tertiary/aromatic N) is 1. The van der Waals surface area contributed by atoms with Gasteiger partial charge in [0.1, 0.15) is 5.75 Å². The summed E-state index contributed by atoms with van der Waals surface area (Å²) in [4.78, 5) is 12.0. The van der Waals surface area contributed by atoms with Crippen molar-refractivity contribution in [2.24, 2.45) is 5.10 Å². The number of hydrogen-bond acceptors (Lipinski definition) is 6. The van der Waals surface area contributed by atoms with E-state index >= 15 is 0 Å². The molecule has 0 saturated carbocycles. The summed E-state index contributed by atoms with van der Waals surface area (Å²) >= 11 is 0. The fourth-order valence-electron chi connectivity index (χ4n) is 2.96. The number of ether oxygens (including phenoxy) is 4. The van der Waals surface area contributed by atoms with Crippen molar-refractivity contribution in [3.63, 3.8) is 0 Å². The highest BCUT2D eigenvalue weighted by atomic mass is 16.5. The zero-order chi connectivity index (χ0) is 22.1. The molecule has 0 radical (unpaired) electrons. The lowest BCUT2D eigenvalue weighted by molar-refractivity contribution is -0.123. The molecule has 0 bridgehead atoms. The topological polar surface area (TPSA) is 78.4 Å². The third-order valence-corrected chi connectivity index (χ3v) is 4.46. The molecule has 3 rings (SSSR count). The molecule has 160 valence electrons. The van der Waals surface area contributed by atoms with Crippen LogP contribution in [0.4, 0.5) is 0 Å². The van der Waals surface area contributed by atoms with Crippen molar-refractivity contribution in [2.45, 2.75) is 0 Å². The number of rotatable bonds is 9. The first-order chi connectivity index (χ1) is 15.2. The van der Waals surface area contributed by atoms with Crippen LogP contribution in [0.15, 0.2) is 71.8 Å². The summed E-state index contributed by atoms with van der Waals surface area (Å²) in [6, 6.07) is 21.1. The molecule has 1 amide bonds. The minimum atomic E-state index is -0.386. The molecule has 7 heteroatoms. The van der Waals surface area contributed by atoms with E-state index in [1.807, 2.05) is 54.6 Å². The number of methoxy groups -OCH3 is 3. The van der Waals surface area contributed by atoms with Crippen molar-refractivity contribution < 1.29 is 23.7 Å². The van der Waals surface area contributed by atoms with Crippen LogP contribution in [0.3, 0.4) is 0 Å². The Hall–Kier alpha value is -4.00. The molecule has 0 fully saturated rings. The molecule has 0 spiro atoms. The normalized spacial score (nSPS) is 10.5. The molecule has 0 aliphatic rings. The minimum Gasteiger partial charge on any atom is -0.493 e. The number of carbonyl (C=O) groups is 1. The van der Waals surface area contributed by atoms with Crippen molar-refractivity contribution in [2.75, 3.05) is 27.9 Å². The summed E-state index contributed by atoms with van der Waals surface area (Å²) in [6.07, 6.45) is 1.47. The predicted molar refractivity (Wildman–Crippen MR) is 119 cm³/mol. The molecule has 0 saturated heterocycles. The second-order valence-electron chi connectivity index (χ2n) is 6.40. The van der Waals surface area contributed by atoms with Gasteiger partial charge in [-0.2, -0.15) is 5.10 Å². The van der Waals surface area contributed by atoms with E-state index in [9.17, 15) is 4.79 Å². The first-order valence-electron chi connectivity index (χ1n) is 9.55. The van der Waals surface area contributed by atoms with Gasteiger partial charge in [0.15, 0.2) is 18.1 Å². The van der Waals surface area contributed by atoms with Crippen LogP contribution in [0.2, 0.25) is 0 Å². The largest absolute Gasteiger partial charge is 0.493 e. The summed E-state index contributed by atoms with van der Waals surface area (Å²) in [7, 11) is 4.58. The average molecular weight is 420 g/mol. The van der Waals surface area contributed by atoms with E-state index < -0.39 is 0 Å². The van der Waals surface area contributed by atoms with Gasteiger partial charge in [0.2, 0.25) is 5.75 Å². The molecule has 0 unspecified atom stereocenters. The van der Waals surface area contributed by atoms with Gasteiger partial charge in [0.05, 0.1) is 27.5 Å². The van der Waals surface area contributed by atoms with Gasteiger partial charge in [0.25, 0.3) is 5.91 Å². The van der Waals surface area contributed by atoms with Gasteiger partial charge < -0.3 is 18.9 Å². The number of carbonyl (C=O) groups excluding carboxylic acids is 1. The Morgan fingerprint density at radius 2 is 1.52 bits per heavy atom. The Morgan fingerprint density at radius 1 is 0.839 bits per heavy atom. The Balaban J connectivity index is 1.55. The number of benzene rings is 3. The zero-order valence-electron chi connectivity index (χ0n) is 17.6. The van der Waals surface area contributed by atoms with Crippen molar-refractivity contribution in [3.05, 3.63) is 72.3 Å². The molecular weight excluding hydrogens is 396 g/mol. The average Bonchev–Trinajstić information content (AvgIpc) is 2.83. The molecule has 0 aliphatic heterocycles. The third kappa shape index (κ3) is 5.54. The van der Waals surface area contributed by atoms with Crippen LogP contribution in [0.1, 0.15) is 5.56 Å². The fraction of sp³-hybridized carbons (Fsp3) is 0.167. The number of hydrazone groups is 1. The summed E-state index contributed by atoms with van der Waals surface area (Å²) in [5.74, 6) is 1.65. The Morgan fingerprint density at radius 3 is 2.16 bits per heavy atom. The van der Waals surface area contributed by atoms with Gasteiger partial charge in [-0.05, 0) is 35.4 Å². The van der Waals surface area contributed by atoms with Crippen LogP contribution in [-0.2, 0) is 4.79 Å². The summed E-state index contributed by atoms with van der Waals surface area (Å²) < 4.78 is 21.5. The quantitative estimate of drug-likeness (QED) is 0.420. The fourth-order valence-corrected chi connectivity index (χ4v) is 2.96. The van der Waals surface area contributed by atoms with E-state index in [1.165, 1.54) is 20.4 Å². The van der Waals surface area contributed by atoms with E-state index in [0.29, 0.717) is 28.6 Å². The molecule has 0 aliphatic carbocycles. The van der Waals surface area contributed by atoms with E-state index in [2.05, 4.69) is 10.5 Å². The van der Waals surface area contributed by atoms with Crippen molar-refractivity contribution in [1.82, 2.24) is 5.43 Å².